The van der Waals surface area contributed by atoms with E-state index in [1.54, 1.807) is 6.07 Å². The monoisotopic (exact) mass is 181 g/mol. The fraction of sp³-hybridized carbons (Fsp3) is 0.143. The molecule has 0 amide bonds. The van der Waals surface area contributed by atoms with Crippen molar-refractivity contribution in [1.82, 2.24) is 0 Å². The summed E-state index contributed by atoms with van der Waals surface area (Å²) in [5.41, 5.74) is 7.90. The van der Waals surface area contributed by atoms with Gasteiger partial charge in [0.05, 0.1) is 6.61 Å². The maximum absolute atomic E-state index is 9.29. The molecule has 0 saturated heterocycles. The highest BCUT2D eigenvalue weighted by Gasteiger charge is 2.27. The molecule has 1 aliphatic heterocycles. The molecule has 3 N–H and O–H groups in total. The number of hydrogen-bond acceptors (Lipinski definition) is 4. The minimum Gasteiger partial charge on any atom is -0.423 e. The van der Waals surface area contributed by atoms with Gasteiger partial charge in [-0.1, -0.05) is 0 Å². The lowest BCUT2D eigenvalue weighted by Crippen LogP contribution is -2.28. The summed E-state index contributed by atoms with van der Waals surface area (Å²) in [5, 5.41) is 9.29. The first-order valence-corrected chi connectivity index (χ1v) is 4.04. The summed E-state index contributed by atoms with van der Waals surface area (Å²) in [6.45, 7) is 0.435. The van der Waals surface area contributed by atoms with E-state index in [4.69, 9.17) is 10.4 Å². The van der Waals surface area contributed by atoms with Gasteiger partial charge in [0.2, 0.25) is 0 Å². The van der Waals surface area contributed by atoms with Crippen molar-refractivity contribution in [2.45, 2.75) is 11.5 Å². The number of thiol groups is 1. The Balaban J connectivity index is 2.56. The predicted molar refractivity (Wildman–Crippen MR) is 50.5 cm³/mol. The van der Waals surface area contributed by atoms with Crippen molar-refractivity contribution in [3.63, 3.8) is 0 Å². The van der Waals surface area contributed by atoms with Gasteiger partial charge < -0.3 is 15.4 Å². The van der Waals surface area contributed by atoms with Gasteiger partial charge in [-0.3, -0.25) is 0 Å². The van der Waals surface area contributed by atoms with Crippen molar-refractivity contribution in [1.29, 1.82) is 0 Å². The highest BCUT2D eigenvalue weighted by atomic mass is 32.1. The van der Waals surface area contributed by atoms with Crippen LogP contribution in [0.15, 0.2) is 17.0 Å². The first-order chi connectivity index (χ1) is 5.68. The summed E-state index contributed by atoms with van der Waals surface area (Å²) in [5.74, 6) is 0. The summed E-state index contributed by atoms with van der Waals surface area (Å²) < 4.78 is 5.00. The maximum atomic E-state index is 9.29. The van der Waals surface area contributed by atoms with Gasteiger partial charge in [-0.05, 0) is 23.2 Å². The van der Waals surface area contributed by atoms with Gasteiger partial charge in [0.15, 0.2) is 0 Å². The number of anilines is 1. The molecule has 3 nitrogen and oxygen atoms in total. The van der Waals surface area contributed by atoms with Gasteiger partial charge in [-0.15, -0.1) is 12.6 Å². The summed E-state index contributed by atoms with van der Waals surface area (Å²) in [7, 11) is -0.823. The fourth-order valence-corrected chi connectivity index (χ4v) is 1.50. The molecule has 0 fully saturated rings. The van der Waals surface area contributed by atoms with Crippen LogP contribution in [-0.2, 0) is 11.3 Å². The largest absolute Gasteiger partial charge is 0.491 e. The molecule has 0 bridgehead atoms. The average molecular weight is 181 g/mol. The molecule has 1 heterocycles. The third-order valence-corrected chi connectivity index (χ3v) is 2.34. The molecule has 0 atom stereocenters. The second-order valence-corrected chi connectivity index (χ2v) is 3.26. The van der Waals surface area contributed by atoms with Gasteiger partial charge in [0.25, 0.3) is 0 Å². The van der Waals surface area contributed by atoms with Crippen molar-refractivity contribution in [2.75, 3.05) is 5.73 Å². The van der Waals surface area contributed by atoms with Crippen LogP contribution >= 0.6 is 12.6 Å². The molecule has 62 valence electrons. The second-order valence-electron chi connectivity index (χ2n) is 2.77. The molecule has 0 spiro atoms. The number of nitrogen functional groups attached to an aromatic ring is 1. The highest BCUT2D eigenvalue weighted by Crippen LogP contribution is 2.20. The molecular formula is C7H8BNO2S. The third kappa shape index (κ3) is 1.10. The Labute approximate surface area is 76.1 Å². The molecule has 1 aliphatic rings. The SMILES string of the molecule is Nc1cc2c(cc1S)COB2O. The Kier molecular flexibility index (Phi) is 1.79. The Morgan fingerprint density at radius 1 is 1.58 bits per heavy atom. The molecule has 0 saturated carbocycles. The van der Waals surface area contributed by atoms with Crippen LogP contribution in [0.3, 0.4) is 0 Å². The van der Waals surface area contributed by atoms with Crippen LogP contribution in [0.2, 0.25) is 0 Å². The van der Waals surface area contributed by atoms with Crippen LogP contribution in [0.25, 0.3) is 0 Å². The van der Waals surface area contributed by atoms with Gasteiger partial charge >= 0.3 is 7.12 Å². The number of rotatable bonds is 0. The van der Waals surface area contributed by atoms with Crippen LogP contribution in [0.1, 0.15) is 5.56 Å². The Morgan fingerprint density at radius 2 is 2.33 bits per heavy atom. The minimum atomic E-state index is -0.823. The average Bonchev–Trinajstić information content (AvgIpc) is 2.35. The normalized spacial score (nSPS) is 15.0. The Hall–Kier alpha value is -0.645. The first kappa shape index (κ1) is 7.98. The third-order valence-electron chi connectivity index (χ3n) is 1.95. The summed E-state index contributed by atoms with van der Waals surface area (Å²) in [6, 6.07) is 3.53. The highest BCUT2D eigenvalue weighted by molar-refractivity contribution is 7.80. The Morgan fingerprint density at radius 3 is 3.08 bits per heavy atom. The molecule has 2 rings (SSSR count). The predicted octanol–water partition coefficient (Wildman–Crippen LogP) is -0.225. The van der Waals surface area contributed by atoms with Gasteiger partial charge in [0, 0.05) is 10.6 Å². The van der Waals surface area contributed by atoms with Crippen LogP contribution in [0.5, 0.6) is 0 Å². The van der Waals surface area contributed by atoms with E-state index >= 15 is 0 Å². The number of hydrogen-bond donors (Lipinski definition) is 3. The van der Waals surface area contributed by atoms with E-state index in [-0.39, 0.29) is 0 Å². The number of fused-ring (bicyclic) bond motifs is 1. The molecule has 0 radical (unpaired) electrons. The van der Waals surface area contributed by atoms with Crippen molar-refractivity contribution >= 4 is 30.9 Å². The van der Waals surface area contributed by atoms with Crippen LogP contribution < -0.4 is 11.2 Å². The Bertz CT molecular complexity index is 331. The first-order valence-electron chi connectivity index (χ1n) is 3.59. The maximum Gasteiger partial charge on any atom is 0.491 e. The topological polar surface area (TPSA) is 55.5 Å². The number of nitrogens with two attached hydrogens (primary N) is 1. The van der Waals surface area contributed by atoms with E-state index in [9.17, 15) is 5.02 Å². The van der Waals surface area contributed by atoms with E-state index in [1.165, 1.54) is 0 Å². The van der Waals surface area contributed by atoms with Crippen molar-refractivity contribution in [2.24, 2.45) is 0 Å². The minimum absolute atomic E-state index is 0.435. The summed E-state index contributed by atoms with van der Waals surface area (Å²) in [6.07, 6.45) is 0. The zero-order chi connectivity index (χ0) is 8.72. The van der Waals surface area contributed by atoms with Crippen molar-refractivity contribution < 1.29 is 9.68 Å². The smallest absolute Gasteiger partial charge is 0.423 e. The zero-order valence-electron chi connectivity index (χ0n) is 6.32. The molecule has 1 aromatic carbocycles. The second kappa shape index (κ2) is 2.69. The molecule has 12 heavy (non-hydrogen) atoms. The summed E-state index contributed by atoms with van der Waals surface area (Å²) in [4.78, 5) is 0.728. The van der Waals surface area contributed by atoms with Crippen LogP contribution in [0.4, 0.5) is 5.69 Å². The van der Waals surface area contributed by atoms with E-state index in [0.717, 1.165) is 15.9 Å². The van der Waals surface area contributed by atoms with E-state index < -0.39 is 7.12 Å². The van der Waals surface area contributed by atoms with Gasteiger partial charge in [-0.25, -0.2) is 0 Å². The van der Waals surface area contributed by atoms with E-state index in [0.29, 0.717) is 12.3 Å². The summed E-state index contributed by atoms with van der Waals surface area (Å²) >= 11 is 4.16. The van der Waals surface area contributed by atoms with Crippen LogP contribution in [-0.4, -0.2) is 12.1 Å². The molecule has 0 aromatic heterocycles. The molecule has 1 aromatic rings. The molecule has 0 unspecified atom stereocenters. The van der Waals surface area contributed by atoms with Gasteiger partial charge in [-0.2, -0.15) is 0 Å². The number of benzene rings is 1. The lowest BCUT2D eigenvalue weighted by Gasteiger charge is -2.02. The fourth-order valence-electron chi connectivity index (χ4n) is 1.28. The van der Waals surface area contributed by atoms with Crippen LogP contribution in [0, 0.1) is 0 Å². The van der Waals surface area contributed by atoms with E-state index in [1.807, 2.05) is 6.07 Å². The lowest BCUT2D eigenvalue weighted by molar-refractivity contribution is 0.275. The lowest BCUT2D eigenvalue weighted by atomic mass is 9.79. The van der Waals surface area contributed by atoms with E-state index in [2.05, 4.69) is 12.6 Å². The zero-order valence-corrected chi connectivity index (χ0v) is 7.21. The molecule has 0 aliphatic carbocycles. The molecule has 5 heteroatoms. The molecular weight excluding hydrogens is 173 g/mol. The standard InChI is InChI=1S/C7H8BNO2S/c9-6-2-5-4(1-7(6)12)3-11-8(5)10/h1-2,10,12H,3,9H2. The van der Waals surface area contributed by atoms with Gasteiger partial charge in [0.1, 0.15) is 0 Å². The van der Waals surface area contributed by atoms with Crippen molar-refractivity contribution in [3.05, 3.63) is 17.7 Å². The van der Waals surface area contributed by atoms with Crippen molar-refractivity contribution in [3.8, 4) is 0 Å². The quantitative estimate of drug-likeness (QED) is 0.294.